The Morgan fingerprint density at radius 2 is 2.07 bits per heavy atom. The van der Waals surface area contributed by atoms with Crippen LogP contribution in [-0.2, 0) is 0 Å². The van der Waals surface area contributed by atoms with Crippen molar-refractivity contribution in [3.8, 4) is 0 Å². The lowest BCUT2D eigenvalue weighted by atomic mass is 10.1. The lowest BCUT2D eigenvalue weighted by molar-refractivity contribution is 0.0900. The number of hydrogen-bond acceptors (Lipinski definition) is 3. The molecule has 0 saturated heterocycles. The smallest absolute Gasteiger partial charge is 0.207 e. The molecule has 1 aromatic heterocycles. The van der Waals surface area contributed by atoms with E-state index in [1.54, 1.807) is 6.20 Å². The fourth-order valence-corrected chi connectivity index (χ4v) is 1.42. The van der Waals surface area contributed by atoms with Gasteiger partial charge in [0, 0.05) is 11.6 Å². The molecular weight excluding hydrogens is 178 g/mol. The van der Waals surface area contributed by atoms with E-state index in [-0.39, 0.29) is 5.78 Å². The van der Waals surface area contributed by atoms with E-state index in [1.165, 1.54) is 0 Å². The maximum absolute atomic E-state index is 11.3. The molecule has 2 aromatic rings. The Balaban J connectivity index is 2.71. The molecule has 0 atom stereocenters. The summed E-state index contributed by atoms with van der Waals surface area (Å²) in [5, 5.41) is 10.5. The van der Waals surface area contributed by atoms with Gasteiger partial charge in [0.05, 0.1) is 0 Å². The highest BCUT2D eigenvalue weighted by atomic mass is 16.3. The highest BCUT2D eigenvalue weighted by Gasteiger charge is 2.09. The van der Waals surface area contributed by atoms with Gasteiger partial charge in [0.25, 0.3) is 0 Å². The summed E-state index contributed by atoms with van der Waals surface area (Å²) < 4.78 is 0. The molecule has 0 fully saturated rings. The van der Waals surface area contributed by atoms with Crippen LogP contribution in [0.15, 0.2) is 36.5 Å². The van der Waals surface area contributed by atoms with E-state index in [0.29, 0.717) is 5.69 Å². The first-order chi connectivity index (χ1) is 6.83. The molecule has 1 N–H and O–H groups in total. The Bertz CT molecular complexity index is 474. The molecule has 70 valence electrons. The van der Waals surface area contributed by atoms with Gasteiger partial charge in [0.1, 0.15) is 12.3 Å². The van der Waals surface area contributed by atoms with Crippen LogP contribution in [0.1, 0.15) is 10.5 Å². The monoisotopic (exact) mass is 187 g/mol. The van der Waals surface area contributed by atoms with Crippen molar-refractivity contribution in [3.63, 3.8) is 0 Å². The molecule has 0 amide bonds. The predicted molar refractivity (Wildman–Crippen MR) is 53.2 cm³/mol. The fourth-order valence-electron chi connectivity index (χ4n) is 1.42. The second kappa shape index (κ2) is 3.55. The van der Waals surface area contributed by atoms with E-state index in [0.717, 1.165) is 10.8 Å². The molecule has 3 heteroatoms. The number of carbonyl (C=O) groups is 1. The second-order valence-electron chi connectivity index (χ2n) is 2.96. The lowest BCUT2D eigenvalue weighted by Gasteiger charge is -2.01. The van der Waals surface area contributed by atoms with Gasteiger partial charge in [0.2, 0.25) is 5.78 Å². The van der Waals surface area contributed by atoms with Gasteiger partial charge in [-0.25, -0.2) is 0 Å². The van der Waals surface area contributed by atoms with Crippen LogP contribution in [0.5, 0.6) is 0 Å². The summed E-state index contributed by atoms with van der Waals surface area (Å²) in [7, 11) is 0. The number of nitrogens with zero attached hydrogens (tertiary/aromatic N) is 1. The Kier molecular flexibility index (Phi) is 2.24. The van der Waals surface area contributed by atoms with Crippen LogP contribution in [-0.4, -0.2) is 22.5 Å². The number of aliphatic hydroxyl groups is 1. The van der Waals surface area contributed by atoms with Crippen molar-refractivity contribution in [1.82, 2.24) is 4.98 Å². The van der Waals surface area contributed by atoms with Gasteiger partial charge in [-0.2, -0.15) is 0 Å². The minimum atomic E-state index is -0.499. The number of rotatable bonds is 2. The van der Waals surface area contributed by atoms with Crippen molar-refractivity contribution in [3.05, 3.63) is 42.2 Å². The van der Waals surface area contributed by atoms with Crippen LogP contribution in [0.3, 0.4) is 0 Å². The van der Waals surface area contributed by atoms with Crippen molar-refractivity contribution >= 4 is 16.6 Å². The van der Waals surface area contributed by atoms with E-state index < -0.39 is 6.61 Å². The van der Waals surface area contributed by atoms with Gasteiger partial charge in [-0.05, 0) is 11.5 Å². The Morgan fingerprint density at radius 1 is 1.29 bits per heavy atom. The second-order valence-corrected chi connectivity index (χ2v) is 2.96. The molecule has 0 unspecified atom stereocenters. The number of aromatic nitrogens is 1. The number of carbonyl (C=O) groups excluding carboxylic acids is 1. The van der Waals surface area contributed by atoms with E-state index in [4.69, 9.17) is 5.11 Å². The molecule has 0 aliphatic carbocycles. The zero-order valence-electron chi connectivity index (χ0n) is 7.47. The Hall–Kier alpha value is -1.74. The summed E-state index contributed by atoms with van der Waals surface area (Å²) in [4.78, 5) is 15.3. The van der Waals surface area contributed by atoms with Crippen molar-refractivity contribution in [2.45, 2.75) is 0 Å². The minimum Gasteiger partial charge on any atom is -0.388 e. The molecule has 0 bridgehead atoms. The van der Waals surface area contributed by atoms with Crippen molar-refractivity contribution in [1.29, 1.82) is 0 Å². The maximum atomic E-state index is 11.3. The molecule has 3 nitrogen and oxygen atoms in total. The minimum absolute atomic E-state index is 0.339. The number of ketones is 1. The SMILES string of the molecule is O=C(CO)c1nccc2ccccc12. The highest BCUT2D eigenvalue weighted by molar-refractivity contribution is 6.06. The third-order valence-electron chi connectivity index (χ3n) is 2.08. The Labute approximate surface area is 81.0 Å². The van der Waals surface area contributed by atoms with Crippen LogP contribution in [0.4, 0.5) is 0 Å². The zero-order chi connectivity index (χ0) is 9.97. The molecular formula is C11H9NO2. The summed E-state index contributed by atoms with van der Waals surface area (Å²) in [6, 6.07) is 9.31. The van der Waals surface area contributed by atoms with Gasteiger partial charge in [0.15, 0.2) is 0 Å². The highest BCUT2D eigenvalue weighted by Crippen LogP contribution is 2.16. The largest absolute Gasteiger partial charge is 0.388 e. The van der Waals surface area contributed by atoms with Gasteiger partial charge in [-0.1, -0.05) is 24.3 Å². The number of hydrogen-bond donors (Lipinski definition) is 1. The normalized spacial score (nSPS) is 10.4. The third-order valence-corrected chi connectivity index (χ3v) is 2.08. The van der Waals surface area contributed by atoms with Gasteiger partial charge in [-0.15, -0.1) is 0 Å². The molecule has 0 radical (unpaired) electrons. The molecule has 0 aliphatic rings. The summed E-state index contributed by atoms with van der Waals surface area (Å²) >= 11 is 0. The first-order valence-electron chi connectivity index (χ1n) is 4.31. The topological polar surface area (TPSA) is 50.2 Å². The number of Topliss-reactive ketones (excluding diaryl/α,β-unsaturated/α-hetero) is 1. The predicted octanol–water partition coefficient (Wildman–Crippen LogP) is 1.41. The van der Waals surface area contributed by atoms with Crippen molar-refractivity contribution in [2.24, 2.45) is 0 Å². The average Bonchev–Trinajstić information content (AvgIpc) is 2.27. The van der Waals surface area contributed by atoms with E-state index in [1.807, 2.05) is 30.3 Å². The zero-order valence-corrected chi connectivity index (χ0v) is 7.47. The van der Waals surface area contributed by atoms with Crippen LogP contribution < -0.4 is 0 Å². The molecule has 1 aromatic carbocycles. The molecule has 2 rings (SSSR count). The average molecular weight is 187 g/mol. The van der Waals surface area contributed by atoms with E-state index in [9.17, 15) is 4.79 Å². The van der Waals surface area contributed by atoms with Crippen LogP contribution in [0, 0.1) is 0 Å². The van der Waals surface area contributed by atoms with Crippen molar-refractivity contribution in [2.75, 3.05) is 6.61 Å². The fraction of sp³-hybridized carbons (Fsp3) is 0.0909. The molecule has 0 aliphatic heterocycles. The first-order valence-corrected chi connectivity index (χ1v) is 4.31. The lowest BCUT2D eigenvalue weighted by Crippen LogP contribution is -2.07. The Morgan fingerprint density at radius 3 is 2.86 bits per heavy atom. The quantitative estimate of drug-likeness (QED) is 0.723. The number of pyridine rings is 1. The standard InChI is InChI=1S/C11H9NO2/c13-7-10(14)11-9-4-2-1-3-8(9)5-6-12-11/h1-6,13H,7H2. The summed E-state index contributed by atoms with van der Waals surface area (Å²) in [5.74, 6) is -0.346. The van der Waals surface area contributed by atoms with Crippen LogP contribution in [0.25, 0.3) is 10.8 Å². The third kappa shape index (κ3) is 1.38. The van der Waals surface area contributed by atoms with Crippen molar-refractivity contribution < 1.29 is 9.90 Å². The van der Waals surface area contributed by atoms with E-state index in [2.05, 4.69) is 4.98 Å². The summed E-state index contributed by atoms with van der Waals surface area (Å²) in [6.45, 7) is -0.499. The van der Waals surface area contributed by atoms with Gasteiger partial charge in [-0.3, -0.25) is 9.78 Å². The number of fused-ring (bicyclic) bond motifs is 1. The molecule has 0 saturated carbocycles. The first kappa shape index (κ1) is 8.84. The van der Waals surface area contributed by atoms with E-state index >= 15 is 0 Å². The van der Waals surface area contributed by atoms with Crippen LogP contribution >= 0.6 is 0 Å². The van der Waals surface area contributed by atoms with Gasteiger partial charge < -0.3 is 5.11 Å². The van der Waals surface area contributed by atoms with Gasteiger partial charge >= 0.3 is 0 Å². The molecule has 1 heterocycles. The van der Waals surface area contributed by atoms with Crippen LogP contribution in [0.2, 0.25) is 0 Å². The molecule has 14 heavy (non-hydrogen) atoms. The molecule has 0 spiro atoms. The number of benzene rings is 1. The number of aliphatic hydroxyl groups excluding tert-OH is 1. The summed E-state index contributed by atoms with van der Waals surface area (Å²) in [6.07, 6.45) is 1.57. The summed E-state index contributed by atoms with van der Waals surface area (Å²) in [5.41, 5.74) is 0.339. The maximum Gasteiger partial charge on any atom is 0.207 e.